The second kappa shape index (κ2) is 10.0. The first-order valence-corrected chi connectivity index (χ1v) is 8.20. The molecule has 1 heterocycles. The molecule has 1 aromatic carbocycles. The van der Waals surface area contributed by atoms with E-state index in [1.54, 1.807) is 0 Å². The number of nitrogens with zero attached hydrogens (tertiary/aromatic N) is 2. The highest BCUT2D eigenvalue weighted by atomic mass is 16.5. The number of para-hydroxylation sites is 1. The zero-order chi connectivity index (χ0) is 15.5. The SMILES string of the molecule is C=CCCOCCN=C(Nc1ccccc1)N1CCCCC1. The molecule has 0 unspecified atom stereocenters. The van der Waals surface area contributed by atoms with Crippen LogP contribution in [0.25, 0.3) is 0 Å². The normalized spacial score (nSPS) is 15.6. The summed E-state index contributed by atoms with van der Waals surface area (Å²) in [6.07, 6.45) is 6.57. The van der Waals surface area contributed by atoms with Crippen LogP contribution in [-0.4, -0.2) is 43.7 Å². The molecule has 1 saturated heterocycles. The van der Waals surface area contributed by atoms with Crippen molar-refractivity contribution in [2.45, 2.75) is 25.7 Å². The number of likely N-dealkylation sites (tertiary alicyclic amines) is 1. The van der Waals surface area contributed by atoms with Gasteiger partial charge in [-0.2, -0.15) is 0 Å². The zero-order valence-corrected chi connectivity index (χ0v) is 13.3. The van der Waals surface area contributed by atoms with Crippen molar-refractivity contribution in [1.82, 2.24) is 4.90 Å². The van der Waals surface area contributed by atoms with Gasteiger partial charge in [-0.1, -0.05) is 24.3 Å². The van der Waals surface area contributed by atoms with Crippen molar-refractivity contribution in [2.24, 2.45) is 4.99 Å². The highest BCUT2D eigenvalue weighted by Crippen LogP contribution is 2.12. The number of nitrogens with one attached hydrogen (secondary N) is 1. The quantitative estimate of drug-likeness (QED) is 0.362. The lowest BCUT2D eigenvalue weighted by molar-refractivity contribution is 0.146. The van der Waals surface area contributed by atoms with Crippen LogP contribution in [0.1, 0.15) is 25.7 Å². The summed E-state index contributed by atoms with van der Waals surface area (Å²) in [7, 11) is 0. The molecule has 1 aliphatic rings. The average Bonchev–Trinajstić information content (AvgIpc) is 2.58. The van der Waals surface area contributed by atoms with Gasteiger partial charge in [-0.15, -0.1) is 6.58 Å². The fraction of sp³-hybridized carbons (Fsp3) is 0.500. The lowest BCUT2D eigenvalue weighted by Crippen LogP contribution is -2.40. The Morgan fingerprint density at radius 3 is 2.68 bits per heavy atom. The summed E-state index contributed by atoms with van der Waals surface area (Å²) in [6.45, 7) is 7.91. The summed E-state index contributed by atoms with van der Waals surface area (Å²) in [5.74, 6) is 0.971. The van der Waals surface area contributed by atoms with E-state index in [1.807, 2.05) is 24.3 Å². The Hall–Kier alpha value is -1.81. The predicted molar refractivity (Wildman–Crippen MR) is 93.4 cm³/mol. The van der Waals surface area contributed by atoms with E-state index >= 15 is 0 Å². The van der Waals surface area contributed by atoms with Crippen LogP contribution in [0.5, 0.6) is 0 Å². The van der Waals surface area contributed by atoms with Crippen LogP contribution in [0.15, 0.2) is 48.0 Å². The minimum atomic E-state index is 0.654. The van der Waals surface area contributed by atoms with Crippen LogP contribution in [0.2, 0.25) is 0 Å². The van der Waals surface area contributed by atoms with Crippen LogP contribution in [0.4, 0.5) is 5.69 Å². The summed E-state index contributed by atoms with van der Waals surface area (Å²) >= 11 is 0. The third-order valence-electron chi connectivity index (χ3n) is 3.65. The number of rotatable bonds is 7. The van der Waals surface area contributed by atoms with Gasteiger partial charge in [0.05, 0.1) is 19.8 Å². The molecule has 0 saturated carbocycles. The number of hydrogen-bond donors (Lipinski definition) is 1. The van der Waals surface area contributed by atoms with E-state index < -0.39 is 0 Å². The first kappa shape index (κ1) is 16.6. The maximum atomic E-state index is 5.54. The number of guanidine groups is 1. The first-order chi connectivity index (χ1) is 10.9. The minimum Gasteiger partial charge on any atom is -0.379 e. The zero-order valence-electron chi connectivity index (χ0n) is 13.3. The molecule has 0 spiro atoms. The Balaban J connectivity index is 1.90. The predicted octanol–water partition coefficient (Wildman–Crippen LogP) is 3.53. The molecule has 1 fully saturated rings. The van der Waals surface area contributed by atoms with Crippen molar-refractivity contribution in [3.05, 3.63) is 43.0 Å². The maximum Gasteiger partial charge on any atom is 0.198 e. The van der Waals surface area contributed by atoms with Gasteiger partial charge in [0.25, 0.3) is 0 Å². The molecule has 1 aromatic rings. The Morgan fingerprint density at radius 1 is 1.18 bits per heavy atom. The number of piperidine rings is 1. The molecule has 2 rings (SSSR count). The van der Waals surface area contributed by atoms with Gasteiger partial charge in [-0.3, -0.25) is 4.99 Å². The molecule has 120 valence electrons. The molecule has 4 nitrogen and oxygen atoms in total. The molecule has 1 N–H and O–H groups in total. The molecule has 0 radical (unpaired) electrons. The highest BCUT2D eigenvalue weighted by Gasteiger charge is 2.14. The van der Waals surface area contributed by atoms with Gasteiger partial charge in [-0.25, -0.2) is 0 Å². The summed E-state index contributed by atoms with van der Waals surface area (Å²) < 4.78 is 5.54. The Bertz CT molecular complexity index is 453. The van der Waals surface area contributed by atoms with Gasteiger partial charge in [0.2, 0.25) is 0 Å². The van der Waals surface area contributed by atoms with Crippen LogP contribution in [-0.2, 0) is 4.74 Å². The Kier molecular flexibility index (Phi) is 7.53. The largest absolute Gasteiger partial charge is 0.379 e. The fourth-order valence-electron chi connectivity index (χ4n) is 2.46. The van der Waals surface area contributed by atoms with Crippen LogP contribution in [0, 0.1) is 0 Å². The number of ether oxygens (including phenoxy) is 1. The maximum absolute atomic E-state index is 5.54. The molecule has 0 aromatic heterocycles. The van der Waals surface area contributed by atoms with E-state index in [0.29, 0.717) is 13.2 Å². The van der Waals surface area contributed by atoms with E-state index in [0.717, 1.165) is 37.8 Å². The topological polar surface area (TPSA) is 36.9 Å². The monoisotopic (exact) mass is 301 g/mol. The standard InChI is InChI=1S/C18H27N3O/c1-2-3-15-22-16-12-19-18(21-13-8-5-9-14-21)20-17-10-6-4-7-11-17/h2,4,6-7,10-11H,1,3,5,8-9,12-16H2,(H,19,20). The second-order valence-corrected chi connectivity index (χ2v) is 5.43. The molecular weight excluding hydrogens is 274 g/mol. The highest BCUT2D eigenvalue weighted by molar-refractivity contribution is 5.93. The van der Waals surface area contributed by atoms with Crippen molar-refractivity contribution >= 4 is 11.6 Å². The molecule has 1 aliphatic heterocycles. The van der Waals surface area contributed by atoms with E-state index in [9.17, 15) is 0 Å². The van der Waals surface area contributed by atoms with Crippen molar-refractivity contribution in [3.63, 3.8) is 0 Å². The molecule has 0 amide bonds. The Labute approximate surface area is 133 Å². The van der Waals surface area contributed by atoms with Crippen molar-refractivity contribution in [1.29, 1.82) is 0 Å². The smallest absolute Gasteiger partial charge is 0.198 e. The van der Waals surface area contributed by atoms with Crippen molar-refractivity contribution in [3.8, 4) is 0 Å². The van der Waals surface area contributed by atoms with Crippen molar-refractivity contribution in [2.75, 3.05) is 38.2 Å². The van der Waals surface area contributed by atoms with E-state index in [1.165, 1.54) is 19.3 Å². The number of aliphatic imine (C=N–C) groups is 1. The first-order valence-electron chi connectivity index (χ1n) is 8.20. The number of benzene rings is 1. The van der Waals surface area contributed by atoms with E-state index in [-0.39, 0.29) is 0 Å². The van der Waals surface area contributed by atoms with Gasteiger partial charge in [0, 0.05) is 18.8 Å². The van der Waals surface area contributed by atoms with Gasteiger partial charge in [0.15, 0.2) is 5.96 Å². The van der Waals surface area contributed by atoms with E-state index in [4.69, 9.17) is 9.73 Å². The van der Waals surface area contributed by atoms with Gasteiger partial charge < -0.3 is 15.0 Å². The lowest BCUT2D eigenvalue weighted by Gasteiger charge is -2.30. The molecular formula is C18H27N3O. The van der Waals surface area contributed by atoms with Crippen LogP contribution in [0.3, 0.4) is 0 Å². The summed E-state index contributed by atoms with van der Waals surface area (Å²) in [6, 6.07) is 10.2. The molecule has 0 bridgehead atoms. The third-order valence-corrected chi connectivity index (χ3v) is 3.65. The molecule has 0 atom stereocenters. The van der Waals surface area contributed by atoms with Crippen LogP contribution >= 0.6 is 0 Å². The van der Waals surface area contributed by atoms with Crippen LogP contribution < -0.4 is 5.32 Å². The molecule has 4 heteroatoms. The van der Waals surface area contributed by atoms with Crippen molar-refractivity contribution < 1.29 is 4.74 Å². The minimum absolute atomic E-state index is 0.654. The Morgan fingerprint density at radius 2 is 1.95 bits per heavy atom. The van der Waals surface area contributed by atoms with Gasteiger partial charge in [0.1, 0.15) is 0 Å². The fourth-order valence-corrected chi connectivity index (χ4v) is 2.46. The second-order valence-electron chi connectivity index (χ2n) is 5.43. The summed E-state index contributed by atoms with van der Waals surface area (Å²) in [5.41, 5.74) is 1.08. The summed E-state index contributed by atoms with van der Waals surface area (Å²) in [4.78, 5) is 7.07. The molecule has 0 aliphatic carbocycles. The lowest BCUT2D eigenvalue weighted by atomic mass is 10.1. The average molecular weight is 301 g/mol. The number of anilines is 1. The van der Waals surface area contributed by atoms with Gasteiger partial charge >= 0.3 is 0 Å². The number of hydrogen-bond acceptors (Lipinski definition) is 2. The van der Waals surface area contributed by atoms with Gasteiger partial charge in [-0.05, 0) is 37.8 Å². The third kappa shape index (κ3) is 5.90. The summed E-state index contributed by atoms with van der Waals surface area (Å²) in [5, 5.41) is 3.45. The van der Waals surface area contributed by atoms with E-state index in [2.05, 4.69) is 28.9 Å². The molecule has 22 heavy (non-hydrogen) atoms.